The summed E-state index contributed by atoms with van der Waals surface area (Å²) >= 11 is 5.80. The SMILES string of the molecule is Cc1cc(C)c(C(=N)N)c(Cl)n1. The molecule has 0 saturated carbocycles. The molecule has 0 aliphatic heterocycles. The van der Waals surface area contributed by atoms with Crippen molar-refractivity contribution in [2.45, 2.75) is 13.8 Å². The first-order chi connectivity index (χ1) is 5.52. The number of hydrogen-bond acceptors (Lipinski definition) is 2. The summed E-state index contributed by atoms with van der Waals surface area (Å²) in [5.74, 6) is -0.0370. The van der Waals surface area contributed by atoms with Crippen molar-refractivity contribution in [3.05, 3.63) is 28.0 Å². The van der Waals surface area contributed by atoms with Crippen LogP contribution in [0.15, 0.2) is 6.07 Å². The number of halogens is 1. The standard InChI is InChI=1S/C8H10ClN3/c1-4-3-5(2)12-7(9)6(4)8(10)11/h3H,1-2H3,(H3,10,11). The van der Waals surface area contributed by atoms with Crippen LogP contribution in [0.25, 0.3) is 0 Å². The van der Waals surface area contributed by atoms with Gasteiger partial charge in [-0.2, -0.15) is 0 Å². The summed E-state index contributed by atoms with van der Waals surface area (Å²) in [5, 5.41) is 7.55. The third-order valence-electron chi connectivity index (χ3n) is 1.57. The number of hydrogen-bond donors (Lipinski definition) is 2. The van der Waals surface area contributed by atoms with Crippen molar-refractivity contribution in [2.24, 2.45) is 5.73 Å². The Hall–Kier alpha value is -1.09. The molecular weight excluding hydrogens is 174 g/mol. The molecule has 4 heteroatoms. The minimum atomic E-state index is -0.0370. The summed E-state index contributed by atoms with van der Waals surface area (Å²) in [6.45, 7) is 3.71. The number of rotatable bonds is 1. The predicted octanol–water partition coefficient (Wildman–Crippen LogP) is 1.64. The largest absolute Gasteiger partial charge is 0.384 e. The van der Waals surface area contributed by atoms with E-state index < -0.39 is 0 Å². The van der Waals surface area contributed by atoms with Gasteiger partial charge in [0.25, 0.3) is 0 Å². The second-order valence-electron chi connectivity index (χ2n) is 2.66. The van der Waals surface area contributed by atoms with Gasteiger partial charge in [-0.15, -0.1) is 0 Å². The summed E-state index contributed by atoms with van der Waals surface area (Å²) in [6, 6.07) is 1.85. The quantitative estimate of drug-likeness (QED) is 0.395. The number of nitrogen functional groups attached to an aromatic ring is 1. The Kier molecular flexibility index (Phi) is 2.33. The smallest absolute Gasteiger partial charge is 0.140 e. The average Bonchev–Trinajstić information content (AvgIpc) is 1.82. The number of nitrogens with one attached hydrogen (secondary N) is 1. The Morgan fingerprint density at radius 3 is 2.58 bits per heavy atom. The second kappa shape index (κ2) is 3.11. The van der Waals surface area contributed by atoms with Crippen LogP contribution in [0.2, 0.25) is 5.15 Å². The highest BCUT2D eigenvalue weighted by atomic mass is 35.5. The van der Waals surface area contributed by atoms with E-state index in [0.29, 0.717) is 10.7 Å². The summed E-state index contributed by atoms with van der Waals surface area (Å²) in [5.41, 5.74) is 7.58. The highest BCUT2D eigenvalue weighted by Gasteiger charge is 2.08. The lowest BCUT2D eigenvalue weighted by atomic mass is 10.1. The topological polar surface area (TPSA) is 62.8 Å². The van der Waals surface area contributed by atoms with Gasteiger partial charge in [0.1, 0.15) is 11.0 Å². The summed E-state index contributed by atoms with van der Waals surface area (Å²) in [7, 11) is 0. The van der Waals surface area contributed by atoms with E-state index in [2.05, 4.69) is 4.98 Å². The molecule has 0 amide bonds. The number of aryl methyl sites for hydroxylation is 2. The molecule has 3 N–H and O–H groups in total. The van der Waals surface area contributed by atoms with Crippen molar-refractivity contribution in [3.8, 4) is 0 Å². The molecule has 64 valence electrons. The van der Waals surface area contributed by atoms with Crippen LogP contribution >= 0.6 is 11.6 Å². The molecule has 0 radical (unpaired) electrons. The summed E-state index contributed by atoms with van der Waals surface area (Å²) in [4.78, 5) is 4.00. The average molecular weight is 184 g/mol. The highest BCUT2D eigenvalue weighted by Crippen LogP contribution is 2.17. The van der Waals surface area contributed by atoms with Gasteiger partial charge >= 0.3 is 0 Å². The molecule has 0 aliphatic carbocycles. The zero-order valence-electron chi connectivity index (χ0n) is 6.98. The van der Waals surface area contributed by atoms with E-state index in [0.717, 1.165) is 11.3 Å². The molecule has 12 heavy (non-hydrogen) atoms. The van der Waals surface area contributed by atoms with Gasteiger partial charge in [-0.3, -0.25) is 5.41 Å². The normalized spacial score (nSPS) is 9.92. The maximum atomic E-state index is 7.24. The number of nitrogens with zero attached hydrogens (tertiary/aromatic N) is 1. The van der Waals surface area contributed by atoms with Crippen molar-refractivity contribution in [2.75, 3.05) is 0 Å². The third kappa shape index (κ3) is 1.56. The molecule has 0 aromatic carbocycles. The monoisotopic (exact) mass is 183 g/mol. The number of amidine groups is 1. The molecule has 3 nitrogen and oxygen atoms in total. The number of nitrogens with two attached hydrogens (primary N) is 1. The fourth-order valence-corrected chi connectivity index (χ4v) is 1.50. The Labute approximate surface area is 76.1 Å². The lowest BCUT2D eigenvalue weighted by molar-refractivity contribution is 1.16. The Balaban J connectivity index is 3.38. The predicted molar refractivity (Wildman–Crippen MR) is 49.7 cm³/mol. The second-order valence-corrected chi connectivity index (χ2v) is 3.02. The Bertz CT molecular complexity index is 310. The number of pyridine rings is 1. The molecule has 0 aliphatic rings. The van der Waals surface area contributed by atoms with E-state index in [1.165, 1.54) is 0 Å². The molecule has 0 bridgehead atoms. The molecule has 0 fully saturated rings. The van der Waals surface area contributed by atoms with Gasteiger partial charge in [-0.05, 0) is 25.5 Å². The van der Waals surface area contributed by atoms with Crippen LogP contribution in [-0.2, 0) is 0 Å². The highest BCUT2D eigenvalue weighted by molar-refractivity contribution is 6.32. The van der Waals surface area contributed by atoms with Gasteiger partial charge in [-0.1, -0.05) is 11.6 Å². The fourth-order valence-electron chi connectivity index (χ4n) is 1.11. The van der Waals surface area contributed by atoms with Crippen LogP contribution in [-0.4, -0.2) is 10.8 Å². The lowest BCUT2D eigenvalue weighted by Crippen LogP contribution is -2.14. The van der Waals surface area contributed by atoms with Crippen LogP contribution in [0.3, 0.4) is 0 Å². The van der Waals surface area contributed by atoms with Crippen LogP contribution in [0.5, 0.6) is 0 Å². The maximum absolute atomic E-state index is 7.24. The van der Waals surface area contributed by atoms with E-state index in [1.54, 1.807) is 0 Å². The lowest BCUT2D eigenvalue weighted by Gasteiger charge is -2.05. The van der Waals surface area contributed by atoms with E-state index >= 15 is 0 Å². The van der Waals surface area contributed by atoms with Gasteiger partial charge in [0.05, 0.1) is 5.56 Å². The van der Waals surface area contributed by atoms with Crippen LogP contribution in [0.4, 0.5) is 0 Å². The van der Waals surface area contributed by atoms with E-state index in [9.17, 15) is 0 Å². The Morgan fingerprint density at radius 2 is 2.17 bits per heavy atom. The van der Waals surface area contributed by atoms with Crippen LogP contribution in [0, 0.1) is 19.3 Å². The van der Waals surface area contributed by atoms with Gasteiger partial charge in [0, 0.05) is 5.69 Å². The van der Waals surface area contributed by atoms with Gasteiger partial charge in [0.15, 0.2) is 0 Å². The van der Waals surface area contributed by atoms with E-state index in [-0.39, 0.29) is 5.84 Å². The third-order valence-corrected chi connectivity index (χ3v) is 1.84. The molecule has 0 unspecified atom stereocenters. The molecule has 0 spiro atoms. The van der Waals surface area contributed by atoms with Crippen LogP contribution < -0.4 is 5.73 Å². The maximum Gasteiger partial charge on any atom is 0.140 e. The van der Waals surface area contributed by atoms with Gasteiger partial charge in [0.2, 0.25) is 0 Å². The molecular formula is C8H10ClN3. The fraction of sp³-hybridized carbons (Fsp3) is 0.250. The summed E-state index contributed by atoms with van der Waals surface area (Å²) < 4.78 is 0. The number of aromatic nitrogens is 1. The first kappa shape index (κ1) is 9.00. The Morgan fingerprint density at radius 1 is 1.58 bits per heavy atom. The van der Waals surface area contributed by atoms with E-state index in [4.69, 9.17) is 22.7 Å². The van der Waals surface area contributed by atoms with Crippen molar-refractivity contribution < 1.29 is 0 Å². The molecule has 1 aromatic heterocycles. The minimum Gasteiger partial charge on any atom is -0.384 e. The minimum absolute atomic E-state index is 0.0370. The zero-order valence-corrected chi connectivity index (χ0v) is 7.74. The first-order valence-electron chi connectivity index (χ1n) is 3.50. The van der Waals surface area contributed by atoms with Crippen molar-refractivity contribution in [1.82, 2.24) is 4.98 Å². The molecule has 1 aromatic rings. The van der Waals surface area contributed by atoms with Crippen molar-refractivity contribution >= 4 is 17.4 Å². The van der Waals surface area contributed by atoms with Gasteiger partial charge < -0.3 is 5.73 Å². The summed E-state index contributed by atoms with van der Waals surface area (Å²) in [6.07, 6.45) is 0. The molecule has 1 heterocycles. The first-order valence-corrected chi connectivity index (χ1v) is 3.88. The van der Waals surface area contributed by atoms with Crippen LogP contribution in [0.1, 0.15) is 16.8 Å². The molecule has 1 rings (SSSR count). The molecule has 0 atom stereocenters. The molecule has 0 saturated heterocycles. The zero-order chi connectivity index (χ0) is 9.30. The van der Waals surface area contributed by atoms with Crippen molar-refractivity contribution in [3.63, 3.8) is 0 Å². The van der Waals surface area contributed by atoms with Gasteiger partial charge in [-0.25, -0.2) is 4.98 Å². The van der Waals surface area contributed by atoms with E-state index in [1.807, 2.05) is 19.9 Å². The van der Waals surface area contributed by atoms with Crippen molar-refractivity contribution in [1.29, 1.82) is 5.41 Å².